The van der Waals surface area contributed by atoms with Crippen LogP contribution in [0.3, 0.4) is 0 Å². The highest BCUT2D eigenvalue weighted by atomic mass is 16.6. The highest BCUT2D eigenvalue weighted by molar-refractivity contribution is 5.89. The zero-order valence-corrected chi connectivity index (χ0v) is 18.3. The Bertz CT molecular complexity index is 506. The van der Waals surface area contributed by atoms with Crippen molar-refractivity contribution in [3.63, 3.8) is 0 Å². The van der Waals surface area contributed by atoms with Crippen LogP contribution in [0.5, 0.6) is 0 Å². The first-order valence-electron chi connectivity index (χ1n) is 11.0. The van der Waals surface area contributed by atoms with Gasteiger partial charge in [-0.3, -0.25) is 0 Å². The summed E-state index contributed by atoms with van der Waals surface area (Å²) in [7, 11) is 0. The summed E-state index contributed by atoms with van der Waals surface area (Å²) in [6.45, 7) is 8.89. The number of carbonyl (C=O) groups is 1. The summed E-state index contributed by atoms with van der Waals surface area (Å²) in [5.74, 6) is -0.332. The molecule has 0 bridgehead atoms. The molecule has 0 saturated carbocycles. The minimum atomic E-state index is -0.332. The van der Waals surface area contributed by atoms with Crippen molar-refractivity contribution in [2.75, 3.05) is 58.1 Å². The molecule has 0 spiro atoms. The molecule has 1 N–H and O–H groups in total. The minimum absolute atomic E-state index is 0.232. The molecule has 0 aliphatic heterocycles. The fourth-order valence-electron chi connectivity index (χ4n) is 2.58. The molecule has 1 rings (SSSR count). The number of unbranched alkanes of at least 4 members (excludes halogenated alkanes) is 4. The summed E-state index contributed by atoms with van der Waals surface area (Å²) < 4.78 is 21.6. The van der Waals surface area contributed by atoms with Crippen molar-refractivity contribution in [2.24, 2.45) is 0 Å². The predicted molar refractivity (Wildman–Crippen MR) is 117 cm³/mol. The van der Waals surface area contributed by atoms with Gasteiger partial charge in [-0.05, 0) is 37.1 Å². The van der Waals surface area contributed by atoms with Crippen molar-refractivity contribution in [3.05, 3.63) is 29.8 Å². The summed E-state index contributed by atoms with van der Waals surface area (Å²) in [6, 6.07) is 7.35. The van der Waals surface area contributed by atoms with Crippen LogP contribution in [0.15, 0.2) is 24.3 Å². The standard InChI is InChI=1S/C23H39NO5/c1-3-5-7-8-14-26-15-16-27-17-18-28-19-20-29-23(25)21-9-11-22(12-10-21)24-13-6-4-2/h9-12,24H,3-8,13-20H2,1-2H3. The Morgan fingerprint density at radius 1 is 0.724 bits per heavy atom. The number of carbonyl (C=O) groups excluding carboxylic acids is 1. The topological polar surface area (TPSA) is 66.0 Å². The second-order valence-electron chi connectivity index (χ2n) is 6.89. The van der Waals surface area contributed by atoms with Crippen molar-refractivity contribution < 1.29 is 23.7 Å². The maximum Gasteiger partial charge on any atom is 0.338 e. The van der Waals surface area contributed by atoms with Crippen molar-refractivity contribution >= 4 is 11.7 Å². The van der Waals surface area contributed by atoms with Crippen molar-refractivity contribution in [3.8, 4) is 0 Å². The average molecular weight is 410 g/mol. The Kier molecular flexibility index (Phi) is 16.1. The molecule has 0 saturated heterocycles. The van der Waals surface area contributed by atoms with Crippen molar-refractivity contribution in [2.45, 2.75) is 52.4 Å². The van der Waals surface area contributed by atoms with Gasteiger partial charge in [0, 0.05) is 18.8 Å². The molecule has 6 heteroatoms. The van der Waals surface area contributed by atoms with Gasteiger partial charge in [0.05, 0.1) is 38.6 Å². The van der Waals surface area contributed by atoms with E-state index in [0.29, 0.717) is 38.6 Å². The van der Waals surface area contributed by atoms with Crippen LogP contribution in [0.1, 0.15) is 62.7 Å². The zero-order chi connectivity index (χ0) is 21.0. The molecule has 0 aliphatic rings. The summed E-state index contributed by atoms with van der Waals surface area (Å²) in [5, 5.41) is 3.32. The van der Waals surface area contributed by atoms with Crippen LogP contribution in [0, 0.1) is 0 Å². The lowest BCUT2D eigenvalue weighted by Gasteiger charge is -2.08. The summed E-state index contributed by atoms with van der Waals surface area (Å²) in [5.41, 5.74) is 1.56. The van der Waals surface area contributed by atoms with Crippen LogP contribution < -0.4 is 5.32 Å². The Hall–Kier alpha value is -1.63. The molecule has 6 nitrogen and oxygen atoms in total. The maximum absolute atomic E-state index is 12.0. The summed E-state index contributed by atoms with van der Waals surface area (Å²) in [6.07, 6.45) is 7.15. The molecule has 29 heavy (non-hydrogen) atoms. The molecule has 1 aromatic rings. The second-order valence-corrected chi connectivity index (χ2v) is 6.89. The van der Waals surface area contributed by atoms with Gasteiger partial charge in [-0.1, -0.05) is 39.5 Å². The van der Waals surface area contributed by atoms with E-state index in [2.05, 4.69) is 19.2 Å². The highest BCUT2D eigenvalue weighted by Crippen LogP contribution is 2.10. The largest absolute Gasteiger partial charge is 0.460 e. The van der Waals surface area contributed by atoms with E-state index in [-0.39, 0.29) is 12.6 Å². The third-order valence-electron chi connectivity index (χ3n) is 4.33. The molecule has 0 radical (unpaired) electrons. The molecule has 0 aromatic heterocycles. The van der Waals surface area contributed by atoms with Gasteiger partial charge < -0.3 is 24.3 Å². The quantitative estimate of drug-likeness (QED) is 0.264. The lowest BCUT2D eigenvalue weighted by atomic mass is 10.2. The lowest BCUT2D eigenvalue weighted by molar-refractivity contribution is 0.000191. The fourth-order valence-corrected chi connectivity index (χ4v) is 2.58. The first-order valence-corrected chi connectivity index (χ1v) is 11.0. The van der Waals surface area contributed by atoms with Gasteiger partial charge >= 0.3 is 5.97 Å². The number of anilines is 1. The molecule has 0 aliphatic carbocycles. The number of hydrogen-bond acceptors (Lipinski definition) is 6. The van der Waals surface area contributed by atoms with Gasteiger partial charge in [-0.2, -0.15) is 0 Å². The predicted octanol–water partition coefficient (Wildman–Crippen LogP) is 4.69. The highest BCUT2D eigenvalue weighted by Gasteiger charge is 2.06. The van der Waals surface area contributed by atoms with Gasteiger partial charge in [0.2, 0.25) is 0 Å². The SMILES string of the molecule is CCCCCCOCCOCCOCCOC(=O)c1ccc(NCCCC)cc1. The molecule has 0 atom stereocenters. The van der Waals surface area contributed by atoms with Crippen LogP contribution in [-0.4, -0.2) is 58.8 Å². The van der Waals surface area contributed by atoms with Crippen LogP contribution in [0.2, 0.25) is 0 Å². The van der Waals surface area contributed by atoms with Crippen LogP contribution in [0.4, 0.5) is 5.69 Å². The molecule has 0 amide bonds. The Labute approximate surface area is 176 Å². The number of nitrogens with one attached hydrogen (secondary N) is 1. The van der Waals surface area contributed by atoms with E-state index in [0.717, 1.165) is 38.1 Å². The van der Waals surface area contributed by atoms with Gasteiger partial charge in [0.25, 0.3) is 0 Å². The molecule has 0 fully saturated rings. The minimum Gasteiger partial charge on any atom is -0.460 e. The number of rotatable bonds is 19. The summed E-state index contributed by atoms with van der Waals surface area (Å²) in [4.78, 5) is 12.0. The number of esters is 1. The molecular weight excluding hydrogens is 370 g/mol. The van der Waals surface area contributed by atoms with E-state index in [1.807, 2.05) is 12.1 Å². The number of benzene rings is 1. The van der Waals surface area contributed by atoms with E-state index in [9.17, 15) is 4.79 Å². The Morgan fingerprint density at radius 2 is 1.31 bits per heavy atom. The molecular formula is C23H39NO5. The van der Waals surface area contributed by atoms with Crippen LogP contribution in [-0.2, 0) is 18.9 Å². The van der Waals surface area contributed by atoms with Gasteiger partial charge in [0.1, 0.15) is 6.61 Å². The van der Waals surface area contributed by atoms with E-state index in [4.69, 9.17) is 18.9 Å². The van der Waals surface area contributed by atoms with E-state index >= 15 is 0 Å². The van der Waals surface area contributed by atoms with Crippen molar-refractivity contribution in [1.29, 1.82) is 0 Å². The average Bonchev–Trinajstić information content (AvgIpc) is 2.74. The molecule has 0 heterocycles. The first-order chi connectivity index (χ1) is 14.3. The van der Waals surface area contributed by atoms with Gasteiger partial charge in [-0.15, -0.1) is 0 Å². The molecule has 166 valence electrons. The lowest BCUT2D eigenvalue weighted by Crippen LogP contribution is -2.14. The smallest absolute Gasteiger partial charge is 0.338 e. The third kappa shape index (κ3) is 14.1. The van der Waals surface area contributed by atoms with Crippen molar-refractivity contribution in [1.82, 2.24) is 0 Å². The Morgan fingerprint density at radius 3 is 1.93 bits per heavy atom. The first kappa shape index (κ1) is 25.4. The third-order valence-corrected chi connectivity index (χ3v) is 4.33. The molecule has 1 aromatic carbocycles. The zero-order valence-electron chi connectivity index (χ0n) is 18.3. The normalized spacial score (nSPS) is 10.8. The monoisotopic (exact) mass is 409 g/mol. The van der Waals surface area contributed by atoms with Crippen LogP contribution in [0.25, 0.3) is 0 Å². The van der Waals surface area contributed by atoms with Gasteiger partial charge in [-0.25, -0.2) is 4.79 Å². The van der Waals surface area contributed by atoms with Crippen LogP contribution >= 0.6 is 0 Å². The van der Waals surface area contributed by atoms with E-state index in [1.165, 1.54) is 19.3 Å². The Balaban J connectivity index is 1.93. The van der Waals surface area contributed by atoms with E-state index < -0.39 is 0 Å². The summed E-state index contributed by atoms with van der Waals surface area (Å²) >= 11 is 0. The number of hydrogen-bond donors (Lipinski definition) is 1. The second kappa shape index (κ2) is 18.4. The number of ether oxygens (including phenoxy) is 4. The maximum atomic E-state index is 12.0. The fraction of sp³-hybridized carbons (Fsp3) is 0.696. The molecule has 0 unspecified atom stereocenters. The van der Waals surface area contributed by atoms with Gasteiger partial charge in [0.15, 0.2) is 0 Å². The van der Waals surface area contributed by atoms with E-state index in [1.54, 1.807) is 12.1 Å².